The number of carbonyl (C=O) groups is 2. The van der Waals surface area contributed by atoms with E-state index < -0.39 is 6.04 Å². The summed E-state index contributed by atoms with van der Waals surface area (Å²) in [4.78, 5) is 23.1. The Hall–Kier alpha value is -1.06. The monoisotopic (exact) mass is 243 g/mol. The second-order valence-corrected chi connectivity index (χ2v) is 5.55. The third-order valence-electron chi connectivity index (χ3n) is 2.16. The fourth-order valence-electron chi connectivity index (χ4n) is 1.28. The van der Waals surface area contributed by atoms with Crippen LogP contribution in [0.15, 0.2) is 0 Å². The predicted octanol–water partition coefficient (Wildman–Crippen LogP) is 2.27. The highest BCUT2D eigenvalue weighted by molar-refractivity contribution is 5.84. The van der Waals surface area contributed by atoms with Gasteiger partial charge in [0.25, 0.3) is 0 Å². The van der Waals surface area contributed by atoms with E-state index in [0.29, 0.717) is 13.0 Å². The number of esters is 1. The van der Waals surface area contributed by atoms with Crippen LogP contribution in [0.5, 0.6) is 0 Å². The lowest BCUT2D eigenvalue weighted by atomic mass is 9.92. The molecule has 0 unspecified atom stereocenters. The molecule has 0 aliphatic rings. The van der Waals surface area contributed by atoms with Crippen molar-refractivity contribution in [1.29, 1.82) is 0 Å². The van der Waals surface area contributed by atoms with Gasteiger partial charge in [-0.3, -0.25) is 4.79 Å². The summed E-state index contributed by atoms with van der Waals surface area (Å²) >= 11 is 0. The summed E-state index contributed by atoms with van der Waals surface area (Å²) in [6, 6.07) is -0.568. The second-order valence-electron chi connectivity index (χ2n) is 5.55. The van der Waals surface area contributed by atoms with Gasteiger partial charge in [-0.05, 0) is 18.8 Å². The van der Waals surface area contributed by atoms with E-state index >= 15 is 0 Å². The quantitative estimate of drug-likeness (QED) is 0.575. The van der Waals surface area contributed by atoms with Gasteiger partial charge in [-0.1, -0.05) is 34.1 Å². The van der Waals surface area contributed by atoms with Crippen LogP contribution in [0.3, 0.4) is 0 Å². The van der Waals surface area contributed by atoms with E-state index in [0.717, 1.165) is 12.8 Å². The van der Waals surface area contributed by atoms with Gasteiger partial charge in [-0.2, -0.15) is 0 Å². The fraction of sp³-hybridized carbons (Fsp3) is 0.846. The van der Waals surface area contributed by atoms with Crippen molar-refractivity contribution < 1.29 is 14.3 Å². The van der Waals surface area contributed by atoms with Crippen molar-refractivity contribution in [2.24, 2.45) is 5.41 Å². The molecule has 0 rings (SSSR count). The van der Waals surface area contributed by atoms with E-state index in [1.807, 2.05) is 27.7 Å². The summed E-state index contributed by atoms with van der Waals surface area (Å²) in [5, 5.41) is 2.65. The zero-order chi connectivity index (χ0) is 13.5. The van der Waals surface area contributed by atoms with Crippen molar-refractivity contribution in [3.63, 3.8) is 0 Å². The highest BCUT2D eigenvalue weighted by Crippen LogP contribution is 2.17. The molecule has 1 amide bonds. The number of amides is 1. The first kappa shape index (κ1) is 15.9. The van der Waals surface area contributed by atoms with E-state index in [1.54, 1.807) is 6.92 Å². The van der Waals surface area contributed by atoms with Crippen LogP contribution in [0.25, 0.3) is 0 Å². The molecule has 0 saturated heterocycles. The molecule has 0 aromatic rings. The lowest BCUT2D eigenvalue weighted by molar-refractivity contribution is -0.147. The Labute approximate surface area is 104 Å². The predicted molar refractivity (Wildman–Crippen MR) is 67.5 cm³/mol. The lowest BCUT2D eigenvalue weighted by Gasteiger charge is -2.19. The zero-order valence-electron chi connectivity index (χ0n) is 11.6. The van der Waals surface area contributed by atoms with Gasteiger partial charge in [0.15, 0.2) is 0 Å². The van der Waals surface area contributed by atoms with Gasteiger partial charge in [-0.25, -0.2) is 4.79 Å². The highest BCUT2D eigenvalue weighted by atomic mass is 16.5. The normalized spacial score (nSPS) is 13.0. The topological polar surface area (TPSA) is 55.4 Å². The number of rotatable bonds is 6. The van der Waals surface area contributed by atoms with Gasteiger partial charge in [0.2, 0.25) is 5.91 Å². The molecule has 0 saturated carbocycles. The molecule has 17 heavy (non-hydrogen) atoms. The average Bonchev–Trinajstić information content (AvgIpc) is 2.14. The summed E-state index contributed by atoms with van der Waals surface area (Å²) < 4.78 is 5.02. The molecule has 4 heteroatoms. The molecule has 0 aromatic carbocycles. The zero-order valence-corrected chi connectivity index (χ0v) is 11.6. The molecule has 100 valence electrons. The van der Waals surface area contributed by atoms with Gasteiger partial charge >= 0.3 is 5.97 Å². The smallest absolute Gasteiger partial charge is 0.328 e. The van der Waals surface area contributed by atoms with E-state index in [9.17, 15) is 9.59 Å². The van der Waals surface area contributed by atoms with E-state index in [2.05, 4.69) is 5.32 Å². The number of unbranched alkanes of at least 4 members (excludes halogenated alkanes) is 1. The Balaban J connectivity index is 3.95. The first-order valence-electron chi connectivity index (χ1n) is 6.22. The van der Waals surface area contributed by atoms with Gasteiger partial charge in [0.1, 0.15) is 6.04 Å². The SMILES string of the molecule is CCCCOC(=O)[C@H](C)NC(=O)CC(C)(C)C. The molecule has 1 N–H and O–H groups in total. The molecule has 0 aliphatic heterocycles. The number of hydrogen-bond acceptors (Lipinski definition) is 3. The Bertz CT molecular complexity index is 256. The van der Waals surface area contributed by atoms with Crippen LogP contribution < -0.4 is 5.32 Å². The van der Waals surface area contributed by atoms with Crippen LogP contribution in [-0.4, -0.2) is 24.5 Å². The van der Waals surface area contributed by atoms with Gasteiger partial charge in [0, 0.05) is 6.42 Å². The first-order valence-corrected chi connectivity index (χ1v) is 6.22. The Morgan fingerprint density at radius 3 is 2.35 bits per heavy atom. The fourth-order valence-corrected chi connectivity index (χ4v) is 1.28. The van der Waals surface area contributed by atoms with Gasteiger partial charge in [0.05, 0.1) is 6.61 Å². The maximum absolute atomic E-state index is 11.6. The summed E-state index contributed by atoms with van der Waals surface area (Å²) in [5.41, 5.74) is -0.0735. The van der Waals surface area contributed by atoms with Crippen molar-refractivity contribution in [2.45, 2.75) is 59.9 Å². The van der Waals surface area contributed by atoms with Crippen molar-refractivity contribution >= 4 is 11.9 Å². The van der Waals surface area contributed by atoms with Crippen LogP contribution in [0, 0.1) is 5.41 Å². The molecule has 0 aromatic heterocycles. The largest absolute Gasteiger partial charge is 0.464 e. The average molecular weight is 243 g/mol. The van der Waals surface area contributed by atoms with Crippen LogP contribution in [0.2, 0.25) is 0 Å². The van der Waals surface area contributed by atoms with Gasteiger partial charge in [-0.15, -0.1) is 0 Å². The highest BCUT2D eigenvalue weighted by Gasteiger charge is 2.20. The van der Waals surface area contributed by atoms with Gasteiger partial charge < -0.3 is 10.1 Å². The Kier molecular flexibility index (Phi) is 6.85. The molecule has 1 atom stereocenters. The molecule has 0 spiro atoms. The molecule has 0 aliphatic carbocycles. The van der Waals surface area contributed by atoms with Crippen molar-refractivity contribution in [3.8, 4) is 0 Å². The molecule has 0 bridgehead atoms. The minimum atomic E-state index is -0.568. The lowest BCUT2D eigenvalue weighted by Crippen LogP contribution is -2.40. The van der Waals surface area contributed by atoms with Crippen molar-refractivity contribution in [3.05, 3.63) is 0 Å². The molecular weight excluding hydrogens is 218 g/mol. The van der Waals surface area contributed by atoms with E-state index in [-0.39, 0.29) is 17.3 Å². The van der Waals surface area contributed by atoms with Crippen molar-refractivity contribution in [2.75, 3.05) is 6.61 Å². The Morgan fingerprint density at radius 2 is 1.88 bits per heavy atom. The summed E-state index contributed by atoms with van der Waals surface area (Å²) in [7, 11) is 0. The number of hydrogen-bond donors (Lipinski definition) is 1. The third-order valence-corrected chi connectivity index (χ3v) is 2.16. The summed E-state index contributed by atoms with van der Waals surface area (Å²) in [6.07, 6.45) is 2.24. The minimum absolute atomic E-state index is 0.0735. The number of carbonyl (C=O) groups excluding carboxylic acids is 2. The molecule has 0 radical (unpaired) electrons. The Morgan fingerprint density at radius 1 is 1.29 bits per heavy atom. The number of ether oxygens (including phenoxy) is 1. The van der Waals surface area contributed by atoms with Crippen LogP contribution in [-0.2, 0) is 14.3 Å². The molecule has 4 nitrogen and oxygen atoms in total. The van der Waals surface area contributed by atoms with Crippen molar-refractivity contribution in [1.82, 2.24) is 5.32 Å². The molecule has 0 fully saturated rings. The summed E-state index contributed by atoms with van der Waals surface area (Å²) in [5.74, 6) is -0.474. The maximum Gasteiger partial charge on any atom is 0.328 e. The van der Waals surface area contributed by atoms with Crippen LogP contribution >= 0.6 is 0 Å². The first-order chi connectivity index (χ1) is 7.76. The van der Waals surface area contributed by atoms with Crippen LogP contribution in [0.1, 0.15) is 53.9 Å². The minimum Gasteiger partial charge on any atom is -0.464 e. The second kappa shape index (κ2) is 7.30. The van der Waals surface area contributed by atoms with Crippen LogP contribution in [0.4, 0.5) is 0 Å². The molecule has 0 heterocycles. The maximum atomic E-state index is 11.6. The molecular formula is C13H25NO3. The van der Waals surface area contributed by atoms with E-state index in [1.165, 1.54) is 0 Å². The van der Waals surface area contributed by atoms with E-state index in [4.69, 9.17) is 4.74 Å². The summed E-state index contributed by atoms with van der Waals surface area (Å²) in [6.45, 7) is 10.1. The standard InChI is InChI=1S/C13H25NO3/c1-6-7-8-17-12(16)10(2)14-11(15)9-13(3,4)5/h10H,6-9H2,1-5H3,(H,14,15)/t10-/m0/s1. The third kappa shape index (κ3) is 8.72. The number of nitrogens with one attached hydrogen (secondary N) is 1.